The number of nitrogens with zero attached hydrogens (tertiary/aromatic N) is 1. The Labute approximate surface area is 177 Å². The van der Waals surface area contributed by atoms with Gasteiger partial charge >= 0.3 is 176 Å². The summed E-state index contributed by atoms with van der Waals surface area (Å²) in [5.41, 5.74) is 2.79. The van der Waals surface area contributed by atoms with E-state index in [4.69, 9.17) is 15.0 Å². The van der Waals surface area contributed by atoms with Crippen LogP contribution in [0.4, 0.5) is 0 Å². The number of ether oxygens (including phenoxy) is 1. The Hall–Kier alpha value is -1.36. The number of amides is 1. The number of aliphatic hydroxyl groups is 2. The summed E-state index contributed by atoms with van der Waals surface area (Å²) >= 11 is 0. The van der Waals surface area contributed by atoms with Crippen LogP contribution in [-0.4, -0.2) is 65.3 Å². The molecule has 1 aromatic heterocycles. The molecule has 182 valence electrons. The van der Waals surface area contributed by atoms with Crippen LogP contribution in [0.2, 0.25) is 0 Å². The van der Waals surface area contributed by atoms with E-state index in [2.05, 4.69) is 12.9 Å². The van der Waals surface area contributed by atoms with E-state index in [0.29, 0.717) is 4.57 Å². The Morgan fingerprint density at radius 1 is 1.22 bits per heavy atom. The summed E-state index contributed by atoms with van der Waals surface area (Å²) in [6.45, 7) is -0.927. The van der Waals surface area contributed by atoms with Gasteiger partial charge in [-0.3, -0.25) is 0 Å². The van der Waals surface area contributed by atoms with Crippen LogP contribution in [0.25, 0.3) is 0 Å². The van der Waals surface area contributed by atoms with Gasteiger partial charge in [-0.25, -0.2) is 0 Å². The van der Waals surface area contributed by atoms with E-state index in [1.807, 2.05) is 4.98 Å². The van der Waals surface area contributed by atoms with Crippen LogP contribution in [0.5, 0.6) is 0 Å². The first-order valence-electron chi connectivity index (χ1n) is 8.40. The van der Waals surface area contributed by atoms with Crippen molar-refractivity contribution in [2.45, 2.75) is 31.0 Å². The standard InChI is InChI=1S/C11H18N3O15P3/c12-6(15)1-4-2-14(11(19)13-9(4)18)10-8(17)7(16)5(26-10)3-25-32(24)28-30(20,21)27-31(22,23)29-32/h2,5,7-8,10,16-17,24,32H,1,3H2,(H2,12,15)(H,20,21)(H,22,23)(H,13,18,19)/t5-,7?,8+,10-/m1/s1. The van der Waals surface area contributed by atoms with Crippen LogP contribution in [0.1, 0.15) is 11.8 Å². The van der Waals surface area contributed by atoms with Crippen molar-refractivity contribution in [3.8, 4) is 0 Å². The van der Waals surface area contributed by atoms with Crippen LogP contribution >= 0.6 is 23.8 Å². The summed E-state index contributed by atoms with van der Waals surface area (Å²) in [5, 5.41) is 20.4. The number of H-pyrrole nitrogens is 1. The number of rotatable bonds is 6. The number of primary amides is 1. The molecule has 8 N–H and O–H groups in total. The zero-order valence-corrected chi connectivity index (χ0v) is 18.3. The Morgan fingerprint density at radius 3 is 2.38 bits per heavy atom. The van der Waals surface area contributed by atoms with Crippen molar-refractivity contribution in [2.24, 2.45) is 5.73 Å². The van der Waals surface area contributed by atoms with Gasteiger partial charge in [0.2, 0.25) is 0 Å². The minimum atomic E-state index is -5.26. The third-order valence-corrected chi connectivity index (χ3v) is 9.99. The topological polar surface area (TPSA) is 279 Å². The number of nitrogens with two attached hydrogens (primary N) is 1. The molecule has 2 aliphatic rings. The molecule has 0 saturated carbocycles. The monoisotopic (exact) mass is 525 g/mol. The van der Waals surface area contributed by atoms with E-state index in [9.17, 15) is 48.4 Å². The Kier molecular flexibility index (Phi) is 6.93. The first-order valence-corrected chi connectivity index (χ1v) is 13.1. The number of nitrogens with one attached hydrogen (secondary N) is 1. The third-order valence-electron chi connectivity index (χ3n) is 4.12. The second-order valence-corrected chi connectivity index (χ2v) is 11.9. The number of hydrogen-bond donors (Lipinski definition) is 7. The van der Waals surface area contributed by atoms with Crippen LogP contribution in [-0.2, 0) is 42.5 Å². The molecule has 3 unspecified atom stereocenters. The zero-order chi connectivity index (χ0) is 24.1. The van der Waals surface area contributed by atoms with Gasteiger partial charge in [-0.15, -0.1) is 0 Å². The van der Waals surface area contributed by atoms with Crippen molar-refractivity contribution >= 4 is 29.7 Å². The first kappa shape index (κ1) is 25.3. The molecule has 0 bridgehead atoms. The van der Waals surface area contributed by atoms with Gasteiger partial charge in [0.25, 0.3) is 0 Å². The number of carbonyl (C=O) groups is 1. The van der Waals surface area contributed by atoms with E-state index in [-0.39, 0.29) is 5.56 Å². The average molecular weight is 525 g/mol. The molecular formula is C11H18N3O15P3. The van der Waals surface area contributed by atoms with Gasteiger partial charge in [0.1, 0.15) is 0 Å². The third kappa shape index (κ3) is 5.58. The number of carbonyl (C=O) groups excluding carboxylic acids is 1. The van der Waals surface area contributed by atoms with Gasteiger partial charge < -0.3 is 0 Å². The van der Waals surface area contributed by atoms with E-state index < -0.39 is 78.5 Å². The van der Waals surface area contributed by atoms with Gasteiger partial charge in [-0.1, -0.05) is 0 Å². The maximum absolute atomic E-state index is 12.1. The average Bonchev–Trinajstić information content (AvgIpc) is 2.87. The molecule has 0 spiro atoms. The maximum atomic E-state index is 12.1. The molecule has 2 saturated heterocycles. The van der Waals surface area contributed by atoms with E-state index in [1.54, 1.807) is 0 Å². The molecule has 2 aliphatic heterocycles. The molecule has 18 nitrogen and oxygen atoms in total. The summed E-state index contributed by atoms with van der Waals surface area (Å²) in [5.74, 6) is -0.892. The number of hydrogen-bond acceptors (Lipinski definition) is 13. The molecule has 21 heteroatoms. The fourth-order valence-electron chi connectivity index (χ4n) is 2.84. The predicted octanol–water partition coefficient (Wildman–Crippen LogP) is -3.13. The summed E-state index contributed by atoms with van der Waals surface area (Å²) in [7, 11) is -15.7. The molecule has 0 radical (unpaired) electrons. The molecule has 1 aromatic rings. The van der Waals surface area contributed by atoms with Gasteiger partial charge in [0.05, 0.1) is 0 Å². The second kappa shape index (κ2) is 8.77. The van der Waals surface area contributed by atoms with Gasteiger partial charge in [-0.2, -0.15) is 0 Å². The van der Waals surface area contributed by atoms with Crippen molar-refractivity contribution in [1.29, 1.82) is 0 Å². The van der Waals surface area contributed by atoms with Crippen molar-refractivity contribution in [2.75, 3.05) is 6.61 Å². The summed E-state index contributed by atoms with van der Waals surface area (Å²) in [4.78, 5) is 65.3. The summed E-state index contributed by atoms with van der Waals surface area (Å²) < 4.78 is 45.8. The molecule has 3 heterocycles. The van der Waals surface area contributed by atoms with E-state index in [1.165, 1.54) is 0 Å². The summed E-state index contributed by atoms with van der Waals surface area (Å²) in [6.07, 6.45) is -6.45. The van der Waals surface area contributed by atoms with Crippen LogP contribution in [0.15, 0.2) is 15.8 Å². The molecule has 0 aromatic carbocycles. The number of aromatic nitrogens is 2. The van der Waals surface area contributed by atoms with Crippen molar-refractivity contribution in [3.63, 3.8) is 0 Å². The first-order chi connectivity index (χ1) is 14.6. The fourth-order valence-corrected chi connectivity index (χ4v) is 8.31. The number of aromatic amines is 1. The van der Waals surface area contributed by atoms with Gasteiger partial charge in [-0.05, 0) is 0 Å². The minimum absolute atomic E-state index is 0.245. The molecule has 6 atom stereocenters. The molecule has 1 amide bonds. The van der Waals surface area contributed by atoms with E-state index >= 15 is 0 Å². The molecule has 2 fully saturated rings. The van der Waals surface area contributed by atoms with E-state index in [0.717, 1.165) is 6.20 Å². The second-order valence-electron chi connectivity index (χ2n) is 6.55. The number of phosphoric acid groups is 2. The van der Waals surface area contributed by atoms with Gasteiger partial charge in [0.15, 0.2) is 0 Å². The molecule has 32 heavy (non-hydrogen) atoms. The molecule has 3 rings (SSSR count). The molecule has 0 aliphatic carbocycles. The summed E-state index contributed by atoms with van der Waals surface area (Å²) in [6, 6.07) is 0. The van der Waals surface area contributed by atoms with Gasteiger partial charge in [0, 0.05) is 0 Å². The van der Waals surface area contributed by atoms with Crippen molar-refractivity contribution < 1.29 is 61.0 Å². The van der Waals surface area contributed by atoms with Crippen LogP contribution < -0.4 is 17.0 Å². The SMILES string of the molecule is NC(=O)Cc1cn([C@@H]2O[C@H](CO[PH]3(O)OP(=O)(O)OP(=O)(O)O3)C(O)[C@@H]2O)c(=O)[nH]c1=O. The fraction of sp³-hybridized carbons (Fsp3) is 0.545. The zero-order valence-electron chi connectivity index (χ0n) is 15.5. The Bertz CT molecular complexity index is 1090. The quantitative estimate of drug-likeness (QED) is 0.181. The molecular weight excluding hydrogens is 507 g/mol. The Morgan fingerprint density at radius 2 is 1.81 bits per heavy atom. The predicted molar refractivity (Wildman–Crippen MR) is 99.5 cm³/mol. The van der Waals surface area contributed by atoms with Crippen LogP contribution in [0.3, 0.4) is 0 Å². The number of aliphatic hydroxyl groups excluding tert-OH is 2. The van der Waals surface area contributed by atoms with Crippen molar-refractivity contribution in [1.82, 2.24) is 9.55 Å². The normalized spacial score (nSPS) is 37.8. The Balaban J connectivity index is 1.78. The van der Waals surface area contributed by atoms with Crippen LogP contribution in [0, 0.1) is 0 Å². The van der Waals surface area contributed by atoms with Crippen molar-refractivity contribution in [3.05, 3.63) is 32.6 Å².